The number of fused-ring (bicyclic) bond motifs is 2. The van der Waals surface area contributed by atoms with Gasteiger partial charge in [0.05, 0.1) is 18.6 Å². The molecule has 3 aliphatic rings. The summed E-state index contributed by atoms with van der Waals surface area (Å²) < 4.78 is 19.7. The lowest BCUT2D eigenvalue weighted by molar-refractivity contribution is -0.159. The number of dihydropyridines is 2. The first-order valence-corrected chi connectivity index (χ1v) is 18.8. The second-order valence-corrected chi connectivity index (χ2v) is 14.5. The lowest BCUT2D eigenvalue weighted by Gasteiger charge is -2.44. The van der Waals surface area contributed by atoms with Crippen molar-refractivity contribution in [2.45, 2.75) is 75.8 Å². The van der Waals surface area contributed by atoms with Crippen molar-refractivity contribution in [1.82, 2.24) is 16.0 Å². The summed E-state index contributed by atoms with van der Waals surface area (Å²) in [7, 11) is 1.79. The van der Waals surface area contributed by atoms with Crippen molar-refractivity contribution in [3.05, 3.63) is 122 Å². The molecule has 3 aliphatic heterocycles. The van der Waals surface area contributed by atoms with E-state index >= 15 is 0 Å². The number of phenols is 2. The molecule has 0 spiro atoms. The molecule has 56 heavy (non-hydrogen) atoms. The molecule has 0 fully saturated rings. The van der Waals surface area contributed by atoms with Gasteiger partial charge in [-0.2, -0.15) is 0 Å². The number of benzene rings is 2. The van der Waals surface area contributed by atoms with E-state index in [2.05, 4.69) is 16.0 Å². The van der Waals surface area contributed by atoms with Crippen LogP contribution >= 0.6 is 0 Å². The van der Waals surface area contributed by atoms with Crippen molar-refractivity contribution < 1.29 is 39.1 Å². The molecule has 1 aromatic heterocycles. The largest absolute Gasteiger partial charge is 0.508 e. The van der Waals surface area contributed by atoms with Crippen LogP contribution in [0.5, 0.6) is 17.2 Å². The smallest absolute Gasteiger partial charge is 0.334 e. The van der Waals surface area contributed by atoms with E-state index in [1.165, 1.54) is 6.07 Å². The van der Waals surface area contributed by atoms with Gasteiger partial charge in [0.25, 0.3) is 0 Å². The van der Waals surface area contributed by atoms with Gasteiger partial charge in [0, 0.05) is 53.8 Å². The first kappa shape index (κ1) is 40.1. The van der Waals surface area contributed by atoms with Gasteiger partial charge in [-0.15, -0.1) is 0 Å². The Kier molecular flexibility index (Phi) is 12.2. The molecule has 4 heterocycles. The van der Waals surface area contributed by atoms with Gasteiger partial charge in [0.2, 0.25) is 0 Å². The Morgan fingerprint density at radius 3 is 2.70 bits per heavy atom. The molecule has 2 aromatic carbocycles. The number of hydrogen-bond acceptors (Lipinski definition) is 14. The highest BCUT2D eigenvalue weighted by Gasteiger charge is 2.48. The van der Waals surface area contributed by atoms with E-state index in [9.17, 15) is 30.0 Å². The summed E-state index contributed by atoms with van der Waals surface area (Å²) in [6.45, 7) is 3.45. The predicted molar refractivity (Wildman–Crippen MR) is 212 cm³/mol. The van der Waals surface area contributed by atoms with Crippen molar-refractivity contribution in [3.63, 3.8) is 0 Å². The monoisotopic (exact) mass is 769 g/mol. The average Bonchev–Trinajstić information content (AvgIpc) is 3.18. The highest BCUT2D eigenvalue weighted by atomic mass is 16.6. The summed E-state index contributed by atoms with van der Waals surface area (Å²) in [6, 6.07) is 7.62. The number of nitrogens with two attached hydrogens (primary N) is 2. The highest BCUT2D eigenvalue weighted by molar-refractivity contribution is 5.92. The number of aliphatic hydroxyl groups excluding tert-OH is 2. The SMILES string of the molecule is C/C=C(/CCNC)C(=O)O[C@@H]1Cc2c(c([C@@H](C3=CCNC(N)=C3)[C@H](CO)c3cccc(O)c3)c3oc(CO)cc(=O)c3c2O)O[C@@]1(C)CCC1=CNC(N)C=C1. The number of hydrogen-bond donors (Lipinski definition) is 9. The lowest BCUT2D eigenvalue weighted by Crippen LogP contribution is -2.51. The maximum absolute atomic E-state index is 13.9. The molecule has 11 N–H and O–H groups in total. The molecular formula is C42H51N5O9. The Bertz CT molecular complexity index is 2190. The molecule has 0 aliphatic carbocycles. The van der Waals surface area contributed by atoms with Gasteiger partial charge >= 0.3 is 5.97 Å². The minimum Gasteiger partial charge on any atom is -0.508 e. The summed E-state index contributed by atoms with van der Waals surface area (Å²) in [5.41, 5.74) is 13.5. The Balaban J connectivity index is 1.62. The fourth-order valence-corrected chi connectivity index (χ4v) is 7.69. The standard InChI is InChI=1S/C42H51N5O9/c1-4-24(11-14-45-3)41(53)55-32-19-29-38(52)36-31(51)18-28(21-48)54-40(36)37(39(29)56-42(32,2)13-10-23-8-9-33(43)47-20-23)35(26-12-15-46-34(44)17-26)30(22-49)25-6-5-7-27(50)16-25/h4-9,12,16-18,20,30,32-33,35,45-50,52H,10-11,13-15,19,21-22,43-44H2,1-3H3/b24-4-/t30-,32-,33?,35+,42+/m1/s1. The molecule has 0 saturated carbocycles. The predicted octanol–water partition coefficient (Wildman–Crippen LogP) is 3.16. The molecule has 1 unspecified atom stereocenters. The minimum atomic E-state index is -1.23. The first-order valence-electron chi connectivity index (χ1n) is 18.8. The number of aliphatic hydroxyl groups is 2. The zero-order valence-corrected chi connectivity index (χ0v) is 31.8. The third-order valence-electron chi connectivity index (χ3n) is 10.8. The van der Waals surface area contributed by atoms with E-state index in [1.807, 2.05) is 31.4 Å². The van der Waals surface area contributed by atoms with Crippen LogP contribution in [0.25, 0.3) is 11.0 Å². The molecular weight excluding hydrogens is 718 g/mol. The van der Waals surface area contributed by atoms with E-state index in [0.29, 0.717) is 60.4 Å². The number of nitrogens with one attached hydrogen (secondary N) is 3. The summed E-state index contributed by atoms with van der Waals surface area (Å²) in [5, 5.41) is 53.1. The molecule has 0 amide bonds. The minimum absolute atomic E-state index is 0.0223. The third kappa shape index (κ3) is 8.19. The van der Waals surface area contributed by atoms with Crippen LogP contribution in [-0.2, 0) is 22.6 Å². The highest BCUT2D eigenvalue weighted by Crippen LogP contribution is 2.54. The average molecular weight is 770 g/mol. The van der Waals surface area contributed by atoms with Crippen molar-refractivity contribution in [2.75, 3.05) is 26.7 Å². The second kappa shape index (κ2) is 17.1. The molecule has 14 heteroatoms. The second-order valence-electron chi connectivity index (χ2n) is 14.5. The van der Waals surface area contributed by atoms with E-state index in [4.69, 9.17) is 25.4 Å². The van der Waals surface area contributed by atoms with Gasteiger partial charge in [-0.3, -0.25) is 4.79 Å². The fraction of sp³-hybridized carbons (Fsp3) is 0.381. The molecule has 298 valence electrons. The number of rotatable bonds is 14. The van der Waals surface area contributed by atoms with Gasteiger partial charge in [0.15, 0.2) is 5.43 Å². The van der Waals surface area contributed by atoms with Crippen LogP contribution in [0.3, 0.4) is 0 Å². The van der Waals surface area contributed by atoms with Gasteiger partial charge in [-0.25, -0.2) is 4.79 Å². The van der Waals surface area contributed by atoms with E-state index in [-0.39, 0.29) is 46.4 Å². The molecule has 0 saturated heterocycles. The molecule has 0 radical (unpaired) electrons. The lowest BCUT2D eigenvalue weighted by atomic mass is 9.73. The Labute approximate surface area is 324 Å². The molecule has 6 rings (SSSR count). The molecule has 5 atom stereocenters. The third-order valence-corrected chi connectivity index (χ3v) is 10.8. The number of carbonyl (C=O) groups is 1. The van der Waals surface area contributed by atoms with E-state index in [1.54, 1.807) is 44.3 Å². The zero-order valence-electron chi connectivity index (χ0n) is 31.8. The van der Waals surface area contributed by atoms with Crippen LogP contribution in [0, 0.1) is 0 Å². The number of carbonyl (C=O) groups excluding carboxylic acids is 1. The normalized spacial score (nSPS) is 21.8. The number of phenolic OH excluding ortho intramolecular Hbond substituents is 2. The maximum Gasteiger partial charge on any atom is 0.334 e. The number of allylic oxidation sites excluding steroid dienone is 5. The maximum atomic E-state index is 13.9. The van der Waals surface area contributed by atoms with Gasteiger partial charge in [-0.1, -0.05) is 30.4 Å². The van der Waals surface area contributed by atoms with Crippen LogP contribution in [0.15, 0.2) is 98.7 Å². The summed E-state index contributed by atoms with van der Waals surface area (Å²) in [5.74, 6) is -2.13. The van der Waals surface area contributed by atoms with Crippen LogP contribution in [0.4, 0.5) is 0 Å². The Morgan fingerprint density at radius 1 is 1.23 bits per heavy atom. The zero-order chi connectivity index (χ0) is 40.1. The number of esters is 1. The Hall–Kier alpha value is -5.54. The summed E-state index contributed by atoms with van der Waals surface area (Å²) in [4.78, 5) is 27.7. The van der Waals surface area contributed by atoms with Crippen LogP contribution in [0.1, 0.15) is 67.4 Å². The molecule has 3 aromatic rings. The molecule has 14 nitrogen and oxygen atoms in total. The fourth-order valence-electron chi connectivity index (χ4n) is 7.69. The van der Waals surface area contributed by atoms with Crippen molar-refractivity contribution in [1.29, 1.82) is 0 Å². The van der Waals surface area contributed by atoms with Crippen molar-refractivity contribution in [3.8, 4) is 17.2 Å². The summed E-state index contributed by atoms with van der Waals surface area (Å²) in [6.07, 6.45) is 10.8. The quantitative estimate of drug-likeness (QED) is 0.0847. The van der Waals surface area contributed by atoms with Crippen LogP contribution in [0.2, 0.25) is 0 Å². The van der Waals surface area contributed by atoms with Crippen LogP contribution in [-0.4, -0.2) is 71.0 Å². The van der Waals surface area contributed by atoms with E-state index < -0.39 is 53.9 Å². The van der Waals surface area contributed by atoms with Crippen molar-refractivity contribution in [2.24, 2.45) is 11.5 Å². The number of aromatic hydroxyl groups is 2. The molecule has 0 bridgehead atoms. The van der Waals surface area contributed by atoms with Crippen LogP contribution < -0.4 is 37.6 Å². The van der Waals surface area contributed by atoms with Gasteiger partial charge < -0.3 is 61.7 Å². The topological polar surface area (TPSA) is 235 Å². The Morgan fingerprint density at radius 2 is 2.04 bits per heavy atom. The van der Waals surface area contributed by atoms with Gasteiger partial charge in [0.1, 0.15) is 52.3 Å². The first-order chi connectivity index (χ1) is 26.9. The summed E-state index contributed by atoms with van der Waals surface area (Å²) >= 11 is 0. The number of ether oxygens (including phenoxy) is 2. The van der Waals surface area contributed by atoms with Gasteiger partial charge in [-0.05, 0) is 87.7 Å². The van der Waals surface area contributed by atoms with Crippen molar-refractivity contribution >= 4 is 16.9 Å². The van der Waals surface area contributed by atoms with E-state index in [0.717, 1.165) is 11.6 Å².